The lowest BCUT2D eigenvalue weighted by atomic mass is 10.0. The van der Waals surface area contributed by atoms with Crippen molar-refractivity contribution in [3.05, 3.63) is 53.6 Å². The lowest BCUT2D eigenvalue weighted by molar-refractivity contribution is -0.138. The number of hydrogen-bond acceptors (Lipinski definition) is 4. The van der Waals surface area contributed by atoms with Crippen LogP contribution in [0.1, 0.15) is 28.8 Å². The Kier molecular flexibility index (Phi) is 5.42. The third-order valence-electron chi connectivity index (χ3n) is 3.66. The minimum atomic E-state index is -0.923. The number of benzene rings is 2. The number of carboxylic acid groups (broad SMARTS) is 1. The molecule has 1 amide bonds. The lowest BCUT2D eigenvalue weighted by Crippen LogP contribution is -2.14. The number of anilines is 1. The zero-order valence-corrected chi connectivity index (χ0v) is 13.7. The number of ether oxygens (including phenoxy) is 2. The van der Waals surface area contributed by atoms with E-state index in [1.807, 2.05) is 0 Å². The van der Waals surface area contributed by atoms with Gasteiger partial charge in [0.1, 0.15) is 0 Å². The summed E-state index contributed by atoms with van der Waals surface area (Å²) >= 11 is 0. The molecule has 0 aliphatic carbocycles. The second-order valence-corrected chi connectivity index (χ2v) is 5.18. The molecule has 1 atom stereocenters. The summed E-state index contributed by atoms with van der Waals surface area (Å²) in [5.74, 6) is -1.15. The summed E-state index contributed by atoms with van der Waals surface area (Å²) in [5.41, 5.74) is 1.45. The maximum absolute atomic E-state index is 12.5. The number of para-hydroxylation sites is 1. The van der Waals surface area contributed by atoms with E-state index in [0.717, 1.165) is 0 Å². The highest BCUT2D eigenvalue weighted by atomic mass is 16.5. The molecular weight excluding hydrogens is 310 g/mol. The topological polar surface area (TPSA) is 84.9 Å². The number of amides is 1. The van der Waals surface area contributed by atoms with Gasteiger partial charge in [0.2, 0.25) is 0 Å². The molecule has 1 unspecified atom stereocenters. The molecule has 6 nitrogen and oxygen atoms in total. The standard InChI is InChI=1S/C18H19NO5/c1-11(18(21)22)12-6-4-7-13(10-12)19-17(20)14-8-5-9-15(23-2)16(14)24-3/h4-11H,1-3H3,(H,19,20)(H,21,22). The van der Waals surface area contributed by atoms with E-state index in [1.165, 1.54) is 14.2 Å². The fourth-order valence-electron chi connectivity index (χ4n) is 2.29. The molecule has 2 rings (SSSR count). The van der Waals surface area contributed by atoms with Crippen molar-refractivity contribution in [2.75, 3.05) is 19.5 Å². The van der Waals surface area contributed by atoms with Crippen LogP contribution in [0, 0.1) is 0 Å². The maximum atomic E-state index is 12.5. The van der Waals surface area contributed by atoms with Crippen molar-refractivity contribution in [2.24, 2.45) is 0 Å². The summed E-state index contributed by atoms with van der Waals surface area (Å²) in [7, 11) is 2.96. The van der Waals surface area contributed by atoms with Crippen molar-refractivity contribution in [1.82, 2.24) is 0 Å². The minimum absolute atomic E-state index is 0.327. The van der Waals surface area contributed by atoms with Gasteiger partial charge in [0.15, 0.2) is 11.5 Å². The first-order valence-electron chi connectivity index (χ1n) is 7.33. The SMILES string of the molecule is COc1cccc(C(=O)Nc2cccc(C(C)C(=O)O)c2)c1OC. The zero-order valence-electron chi connectivity index (χ0n) is 13.7. The van der Waals surface area contributed by atoms with Gasteiger partial charge in [-0.15, -0.1) is 0 Å². The van der Waals surface area contributed by atoms with Gasteiger partial charge in [-0.2, -0.15) is 0 Å². The third-order valence-corrected chi connectivity index (χ3v) is 3.66. The highest BCUT2D eigenvalue weighted by Gasteiger charge is 2.18. The number of carbonyl (C=O) groups is 2. The Morgan fingerprint density at radius 2 is 1.79 bits per heavy atom. The number of rotatable bonds is 6. The maximum Gasteiger partial charge on any atom is 0.310 e. The summed E-state index contributed by atoms with van der Waals surface area (Å²) < 4.78 is 10.4. The van der Waals surface area contributed by atoms with Crippen molar-refractivity contribution in [3.8, 4) is 11.5 Å². The van der Waals surface area contributed by atoms with Gasteiger partial charge in [-0.25, -0.2) is 0 Å². The van der Waals surface area contributed by atoms with Gasteiger partial charge < -0.3 is 19.9 Å². The van der Waals surface area contributed by atoms with Crippen LogP contribution in [0.3, 0.4) is 0 Å². The monoisotopic (exact) mass is 329 g/mol. The molecule has 0 aliphatic rings. The van der Waals surface area contributed by atoms with E-state index in [0.29, 0.717) is 28.3 Å². The molecule has 0 aromatic heterocycles. The molecule has 0 saturated heterocycles. The van der Waals surface area contributed by atoms with E-state index < -0.39 is 11.9 Å². The molecule has 126 valence electrons. The smallest absolute Gasteiger partial charge is 0.310 e. The average molecular weight is 329 g/mol. The number of carbonyl (C=O) groups excluding carboxylic acids is 1. The van der Waals surface area contributed by atoms with Crippen LogP contribution in [0.2, 0.25) is 0 Å². The Hall–Kier alpha value is -3.02. The average Bonchev–Trinajstić information content (AvgIpc) is 2.60. The lowest BCUT2D eigenvalue weighted by Gasteiger charge is -2.13. The zero-order chi connectivity index (χ0) is 17.7. The highest BCUT2D eigenvalue weighted by molar-refractivity contribution is 6.06. The Bertz CT molecular complexity index is 757. The van der Waals surface area contributed by atoms with Crippen LogP contribution >= 0.6 is 0 Å². The normalized spacial score (nSPS) is 11.5. The fraction of sp³-hybridized carbons (Fsp3) is 0.222. The van der Waals surface area contributed by atoms with E-state index in [1.54, 1.807) is 49.4 Å². The quantitative estimate of drug-likeness (QED) is 0.850. The number of nitrogens with one attached hydrogen (secondary N) is 1. The summed E-state index contributed by atoms with van der Waals surface area (Å²) in [6.07, 6.45) is 0. The molecule has 0 saturated carbocycles. The van der Waals surface area contributed by atoms with Gasteiger partial charge in [-0.1, -0.05) is 18.2 Å². The van der Waals surface area contributed by atoms with Gasteiger partial charge in [0.25, 0.3) is 5.91 Å². The molecule has 2 N–H and O–H groups in total. The van der Waals surface area contributed by atoms with Crippen molar-refractivity contribution in [1.29, 1.82) is 0 Å². The molecule has 24 heavy (non-hydrogen) atoms. The first-order valence-corrected chi connectivity index (χ1v) is 7.33. The number of carboxylic acids is 1. The van der Waals surface area contributed by atoms with Crippen molar-refractivity contribution >= 4 is 17.6 Å². The van der Waals surface area contributed by atoms with Crippen LogP contribution in [-0.4, -0.2) is 31.2 Å². The largest absolute Gasteiger partial charge is 0.493 e. The predicted molar refractivity (Wildman–Crippen MR) is 90.0 cm³/mol. The van der Waals surface area contributed by atoms with Gasteiger partial charge in [0, 0.05) is 5.69 Å². The molecule has 0 bridgehead atoms. The molecule has 2 aromatic carbocycles. The van der Waals surface area contributed by atoms with Gasteiger partial charge in [-0.3, -0.25) is 9.59 Å². The molecule has 0 fully saturated rings. The van der Waals surface area contributed by atoms with E-state index >= 15 is 0 Å². The van der Waals surface area contributed by atoms with Crippen LogP contribution in [0.25, 0.3) is 0 Å². The number of methoxy groups -OCH3 is 2. The van der Waals surface area contributed by atoms with E-state index in [-0.39, 0.29) is 5.91 Å². The van der Waals surface area contributed by atoms with Crippen LogP contribution in [0.15, 0.2) is 42.5 Å². The molecule has 0 radical (unpaired) electrons. The van der Waals surface area contributed by atoms with Crippen molar-refractivity contribution in [3.63, 3.8) is 0 Å². The first kappa shape index (κ1) is 17.3. The molecule has 2 aromatic rings. The molecule has 0 spiro atoms. The van der Waals surface area contributed by atoms with Gasteiger partial charge in [0.05, 0.1) is 25.7 Å². The van der Waals surface area contributed by atoms with Gasteiger partial charge in [-0.05, 0) is 36.8 Å². The van der Waals surface area contributed by atoms with E-state index in [9.17, 15) is 9.59 Å². The fourth-order valence-corrected chi connectivity index (χ4v) is 2.29. The number of aliphatic carboxylic acids is 1. The predicted octanol–water partition coefficient (Wildman–Crippen LogP) is 3.14. The second-order valence-electron chi connectivity index (χ2n) is 5.18. The Labute approximate surface area is 140 Å². The Morgan fingerprint density at radius 3 is 2.42 bits per heavy atom. The second kappa shape index (κ2) is 7.50. The number of hydrogen-bond donors (Lipinski definition) is 2. The Balaban J connectivity index is 2.28. The van der Waals surface area contributed by atoms with E-state index in [2.05, 4.69) is 5.32 Å². The molecule has 6 heteroatoms. The molecular formula is C18H19NO5. The van der Waals surface area contributed by atoms with Crippen LogP contribution in [-0.2, 0) is 4.79 Å². The van der Waals surface area contributed by atoms with Crippen LogP contribution in [0.4, 0.5) is 5.69 Å². The first-order chi connectivity index (χ1) is 11.5. The molecule has 0 aliphatic heterocycles. The highest BCUT2D eigenvalue weighted by Crippen LogP contribution is 2.31. The Morgan fingerprint density at radius 1 is 1.08 bits per heavy atom. The summed E-state index contributed by atoms with van der Waals surface area (Å²) in [5, 5.41) is 11.8. The summed E-state index contributed by atoms with van der Waals surface area (Å²) in [4.78, 5) is 23.6. The van der Waals surface area contributed by atoms with E-state index in [4.69, 9.17) is 14.6 Å². The molecule has 0 heterocycles. The van der Waals surface area contributed by atoms with Crippen LogP contribution < -0.4 is 14.8 Å². The van der Waals surface area contributed by atoms with Crippen molar-refractivity contribution in [2.45, 2.75) is 12.8 Å². The van der Waals surface area contributed by atoms with Gasteiger partial charge >= 0.3 is 5.97 Å². The third kappa shape index (κ3) is 3.65. The minimum Gasteiger partial charge on any atom is -0.493 e. The van der Waals surface area contributed by atoms with Crippen LogP contribution in [0.5, 0.6) is 11.5 Å². The van der Waals surface area contributed by atoms with Crippen molar-refractivity contribution < 1.29 is 24.2 Å². The summed E-state index contributed by atoms with van der Waals surface area (Å²) in [6, 6.07) is 11.8. The summed E-state index contributed by atoms with van der Waals surface area (Å²) in [6.45, 7) is 1.59.